The van der Waals surface area contributed by atoms with E-state index in [0.29, 0.717) is 27.7 Å². The van der Waals surface area contributed by atoms with Crippen LogP contribution < -0.4 is 5.32 Å². The molecule has 31 heavy (non-hydrogen) atoms. The highest BCUT2D eigenvalue weighted by Crippen LogP contribution is 2.21. The summed E-state index contributed by atoms with van der Waals surface area (Å²) in [4.78, 5) is 28.6. The van der Waals surface area contributed by atoms with Gasteiger partial charge in [0.1, 0.15) is 5.03 Å². The molecular weight excluding hydrogens is 416 g/mol. The molecule has 0 aliphatic carbocycles. The van der Waals surface area contributed by atoms with E-state index in [9.17, 15) is 9.59 Å². The van der Waals surface area contributed by atoms with Crippen LogP contribution in [-0.2, 0) is 9.53 Å². The topological polar surface area (TPSA) is 111 Å². The molecule has 0 saturated carbocycles. The summed E-state index contributed by atoms with van der Waals surface area (Å²) in [6, 6.07) is 14.0. The highest BCUT2D eigenvalue weighted by molar-refractivity contribution is 7.99. The second kappa shape index (κ2) is 9.35. The largest absolute Gasteiger partial charge is 0.462 e. The Morgan fingerprint density at radius 3 is 2.77 bits per heavy atom. The molecule has 0 radical (unpaired) electrons. The lowest BCUT2D eigenvalue weighted by atomic mass is 10.2. The summed E-state index contributed by atoms with van der Waals surface area (Å²) >= 11 is 1.26. The number of amides is 1. The highest BCUT2D eigenvalue weighted by Gasteiger charge is 2.15. The summed E-state index contributed by atoms with van der Waals surface area (Å²) < 4.78 is 6.65. The lowest BCUT2D eigenvalue weighted by Gasteiger charge is -2.10. The smallest absolute Gasteiger partial charge is 0.340 e. The van der Waals surface area contributed by atoms with Crippen LogP contribution in [0.5, 0.6) is 0 Å². The standard InChI is InChI=1S/C21H18N6O3S/c1-2-30-21(29)15-7-3-4-8-16(15)23-18(28)13-31-19-10-9-17-24-25-20(27(17)26-19)14-6-5-11-22-12-14/h3-12H,2,13H2,1H3,(H,23,28). The van der Waals surface area contributed by atoms with Crippen LogP contribution in [0.3, 0.4) is 0 Å². The van der Waals surface area contributed by atoms with E-state index in [1.165, 1.54) is 11.8 Å². The molecule has 3 aromatic heterocycles. The van der Waals surface area contributed by atoms with Gasteiger partial charge >= 0.3 is 5.97 Å². The van der Waals surface area contributed by atoms with Gasteiger partial charge in [-0.05, 0) is 43.3 Å². The molecule has 10 heteroatoms. The van der Waals surface area contributed by atoms with E-state index in [1.807, 2.05) is 12.1 Å². The maximum absolute atomic E-state index is 12.5. The number of ether oxygens (including phenoxy) is 1. The van der Waals surface area contributed by atoms with E-state index in [2.05, 4.69) is 25.6 Å². The van der Waals surface area contributed by atoms with E-state index >= 15 is 0 Å². The molecule has 0 saturated heterocycles. The molecule has 0 atom stereocenters. The number of nitrogens with zero attached hydrogens (tertiary/aromatic N) is 5. The van der Waals surface area contributed by atoms with Crippen LogP contribution in [0, 0.1) is 0 Å². The second-order valence-corrected chi connectivity index (χ2v) is 7.31. The molecule has 9 nitrogen and oxygen atoms in total. The van der Waals surface area contributed by atoms with Crippen molar-refractivity contribution < 1.29 is 14.3 Å². The van der Waals surface area contributed by atoms with Crippen LogP contribution >= 0.6 is 11.8 Å². The van der Waals surface area contributed by atoms with Crippen molar-refractivity contribution in [3.8, 4) is 11.4 Å². The number of carbonyl (C=O) groups excluding carboxylic acids is 2. The molecule has 1 N–H and O–H groups in total. The van der Waals surface area contributed by atoms with Gasteiger partial charge in [0.2, 0.25) is 5.91 Å². The van der Waals surface area contributed by atoms with Gasteiger partial charge < -0.3 is 10.1 Å². The Morgan fingerprint density at radius 2 is 1.97 bits per heavy atom. The van der Waals surface area contributed by atoms with Gasteiger partial charge in [0.05, 0.1) is 23.6 Å². The zero-order chi connectivity index (χ0) is 21.6. The third-order valence-corrected chi connectivity index (χ3v) is 5.13. The normalized spacial score (nSPS) is 10.7. The minimum Gasteiger partial charge on any atom is -0.462 e. The summed E-state index contributed by atoms with van der Waals surface area (Å²) in [7, 11) is 0. The van der Waals surface area contributed by atoms with Crippen molar-refractivity contribution >= 4 is 35.0 Å². The van der Waals surface area contributed by atoms with Crippen molar-refractivity contribution in [1.29, 1.82) is 0 Å². The molecule has 1 amide bonds. The molecule has 156 valence electrons. The first-order valence-electron chi connectivity index (χ1n) is 9.47. The van der Waals surface area contributed by atoms with Crippen molar-refractivity contribution in [2.24, 2.45) is 0 Å². The number of fused-ring (bicyclic) bond motifs is 1. The Morgan fingerprint density at radius 1 is 1.10 bits per heavy atom. The molecule has 0 fully saturated rings. The molecule has 0 bridgehead atoms. The molecule has 4 aromatic rings. The van der Waals surface area contributed by atoms with Crippen molar-refractivity contribution in [1.82, 2.24) is 24.8 Å². The Labute approximate surface area is 181 Å². The van der Waals surface area contributed by atoms with Gasteiger partial charge in [0.25, 0.3) is 0 Å². The first-order valence-corrected chi connectivity index (χ1v) is 10.5. The van der Waals surface area contributed by atoms with Gasteiger partial charge in [0, 0.05) is 18.0 Å². The number of thioether (sulfide) groups is 1. The Bertz CT molecular complexity index is 1230. The SMILES string of the molecule is CCOC(=O)c1ccccc1NC(=O)CSc1ccc2nnc(-c3cccnc3)n2n1. The fourth-order valence-electron chi connectivity index (χ4n) is 2.83. The number of pyridine rings is 1. The Kier molecular flexibility index (Phi) is 6.18. The number of esters is 1. The molecule has 0 aliphatic heterocycles. The third kappa shape index (κ3) is 4.69. The number of aromatic nitrogens is 5. The average Bonchev–Trinajstić information content (AvgIpc) is 3.22. The maximum Gasteiger partial charge on any atom is 0.340 e. The zero-order valence-electron chi connectivity index (χ0n) is 16.6. The summed E-state index contributed by atoms with van der Waals surface area (Å²) in [6.45, 7) is 1.99. The van der Waals surface area contributed by atoms with E-state index in [4.69, 9.17) is 4.74 Å². The number of benzene rings is 1. The first kappa shape index (κ1) is 20.5. The van der Waals surface area contributed by atoms with E-state index < -0.39 is 5.97 Å². The highest BCUT2D eigenvalue weighted by atomic mass is 32.2. The minimum absolute atomic E-state index is 0.111. The zero-order valence-corrected chi connectivity index (χ0v) is 17.4. The van der Waals surface area contributed by atoms with Crippen LogP contribution in [0.25, 0.3) is 17.0 Å². The molecule has 1 aromatic carbocycles. The quantitative estimate of drug-likeness (QED) is 0.349. The molecule has 3 heterocycles. The number of anilines is 1. The van der Waals surface area contributed by atoms with Crippen molar-refractivity contribution in [2.75, 3.05) is 17.7 Å². The van der Waals surface area contributed by atoms with Crippen LogP contribution in [0.2, 0.25) is 0 Å². The third-order valence-electron chi connectivity index (χ3n) is 4.21. The summed E-state index contributed by atoms with van der Waals surface area (Å²) in [5.74, 6) is -0.0630. The van der Waals surface area contributed by atoms with Gasteiger partial charge in [-0.3, -0.25) is 9.78 Å². The number of carbonyl (C=O) groups is 2. The summed E-state index contributed by atoms with van der Waals surface area (Å²) in [6.07, 6.45) is 3.37. The average molecular weight is 434 g/mol. The van der Waals surface area contributed by atoms with Crippen molar-refractivity contribution in [3.05, 3.63) is 66.5 Å². The van der Waals surface area contributed by atoms with Crippen molar-refractivity contribution in [3.63, 3.8) is 0 Å². The Hall–Kier alpha value is -3.79. The van der Waals surface area contributed by atoms with E-state index in [1.54, 1.807) is 60.2 Å². The molecule has 4 rings (SSSR count). The van der Waals surface area contributed by atoms with Gasteiger partial charge in [-0.1, -0.05) is 23.9 Å². The number of para-hydroxylation sites is 1. The monoisotopic (exact) mass is 434 g/mol. The predicted octanol–water partition coefficient (Wildman–Crippen LogP) is 3.09. The molecule has 0 spiro atoms. The van der Waals surface area contributed by atoms with Gasteiger partial charge in [-0.25, -0.2) is 4.79 Å². The molecular formula is C21H18N6O3S. The van der Waals surface area contributed by atoms with Gasteiger partial charge in [0.15, 0.2) is 11.5 Å². The summed E-state index contributed by atoms with van der Waals surface area (Å²) in [5.41, 5.74) is 2.11. The minimum atomic E-state index is -0.478. The van der Waals surface area contributed by atoms with Crippen LogP contribution in [0.1, 0.15) is 17.3 Å². The Balaban J connectivity index is 1.46. The maximum atomic E-state index is 12.5. The number of rotatable bonds is 7. The van der Waals surface area contributed by atoms with E-state index in [0.717, 1.165) is 5.56 Å². The molecule has 0 unspecified atom stereocenters. The first-order chi connectivity index (χ1) is 15.2. The lowest BCUT2D eigenvalue weighted by Crippen LogP contribution is -2.17. The fourth-order valence-corrected chi connectivity index (χ4v) is 3.48. The summed E-state index contributed by atoms with van der Waals surface area (Å²) in [5, 5.41) is 16.2. The fraction of sp³-hybridized carbons (Fsp3) is 0.143. The van der Waals surface area contributed by atoms with Gasteiger partial charge in [-0.2, -0.15) is 9.61 Å². The number of hydrogen-bond donors (Lipinski definition) is 1. The van der Waals surface area contributed by atoms with Crippen molar-refractivity contribution in [2.45, 2.75) is 11.9 Å². The molecule has 0 aliphatic rings. The van der Waals surface area contributed by atoms with Gasteiger partial charge in [-0.15, -0.1) is 10.2 Å². The predicted molar refractivity (Wildman–Crippen MR) is 116 cm³/mol. The van der Waals surface area contributed by atoms with Crippen LogP contribution in [-0.4, -0.2) is 49.0 Å². The van der Waals surface area contributed by atoms with Crippen LogP contribution in [0.15, 0.2) is 66.0 Å². The van der Waals surface area contributed by atoms with E-state index in [-0.39, 0.29) is 18.3 Å². The van der Waals surface area contributed by atoms with Crippen LogP contribution in [0.4, 0.5) is 5.69 Å². The number of hydrogen-bond acceptors (Lipinski definition) is 8. The lowest BCUT2D eigenvalue weighted by molar-refractivity contribution is -0.113. The second-order valence-electron chi connectivity index (χ2n) is 6.31. The number of nitrogens with one attached hydrogen (secondary N) is 1.